The van der Waals surface area contributed by atoms with E-state index >= 15 is 0 Å². The number of carbonyl (C=O) groups excluding carboxylic acids is 2. The van der Waals surface area contributed by atoms with E-state index in [-0.39, 0.29) is 11.8 Å². The fraction of sp³-hybridized carbons (Fsp3) is 0.364. The zero-order valence-electron chi connectivity index (χ0n) is 17.8. The molecule has 2 bridgehead atoms. The number of fused-ring (bicyclic) bond motifs is 2. The number of benzene rings is 1. The fourth-order valence-corrected chi connectivity index (χ4v) is 3.76. The zero-order valence-corrected chi connectivity index (χ0v) is 17.8. The summed E-state index contributed by atoms with van der Waals surface area (Å²) in [5.41, 5.74) is 3.14. The van der Waals surface area contributed by atoms with E-state index in [1.54, 1.807) is 11.1 Å². The molecule has 0 radical (unpaired) electrons. The van der Waals surface area contributed by atoms with Gasteiger partial charge in [-0.1, -0.05) is 12.1 Å². The topological polar surface area (TPSA) is 102 Å². The maximum atomic E-state index is 12.6. The lowest BCUT2D eigenvalue weighted by Crippen LogP contribution is -2.32. The Morgan fingerprint density at radius 1 is 1.06 bits per heavy atom. The van der Waals surface area contributed by atoms with E-state index in [9.17, 15) is 9.59 Å². The van der Waals surface area contributed by atoms with Gasteiger partial charge in [0.2, 0.25) is 5.91 Å². The van der Waals surface area contributed by atoms with Crippen LogP contribution in [0.15, 0.2) is 36.8 Å². The SMILES string of the molecule is CN1CCCC(=O)N(C)CCNc2ncnc3c2/C(=C/Nc2cccc(c2)C1)C(=O)N3. The molecule has 3 heterocycles. The fourth-order valence-electron chi connectivity index (χ4n) is 3.76. The van der Waals surface area contributed by atoms with Gasteiger partial charge in [-0.15, -0.1) is 0 Å². The van der Waals surface area contributed by atoms with Gasteiger partial charge in [0.25, 0.3) is 5.91 Å². The minimum atomic E-state index is -0.233. The van der Waals surface area contributed by atoms with Crippen molar-refractivity contribution in [3.63, 3.8) is 0 Å². The van der Waals surface area contributed by atoms with Gasteiger partial charge < -0.3 is 25.8 Å². The van der Waals surface area contributed by atoms with E-state index in [2.05, 4.69) is 50.0 Å². The number of hydrogen-bond donors (Lipinski definition) is 3. The van der Waals surface area contributed by atoms with Crippen molar-refractivity contribution in [1.82, 2.24) is 19.8 Å². The van der Waals surface area contributed by atoms with Gasteiger partial charge >= 0.3 is 0 Å². The van der Waals surface area contributed by atoms with Crippen LogP contribution in [0.3, 0.4) is 0 Å². The minimum Gasteiger partial charge on any atom is -0.368 e. The highest BCUT2D eigenvalue weighted by Gasteiger charge is 2.29. The smallest absolute Gasteiger partial charge is 0.259 e. The Bertz CT molecular complexity index is 1020. The van der Waals surface area contributed by atoms with Crippen molar-refractivity contribution in [3.8, 4) is 0 Å². The molecule has 2 aliphatic rings. The number of aromatic nitrogens is 2. The van der Waals surface area contributed by atoms with Crippen molar-refractivity contribution in [2.45, 2.75) is 19.4 Å². The first kappa shape index (κ1) is 20.8. The van der Waals surface area contributed by atoms with Gasteiger partial charge in [-0.25, -0.2) is 9.97 Å². The summed E-state index contributed by atoms with van der Waals surface area (Å²) in [5, 5.41) is 9.28. The second-order valence-electron chi connectivity index (χ2n) is 7.89. The molecule has 9 nitrogen and oxygen atoms in total. The van der Waals surface area contributed by atoms with Crippen LogP contribution in [0.4, 0.5) is 17.3 Å². The molecular weight excluding hydrogens is 394 g/mol. The van der Waals surface area contributed by atoms with Crippen LogP contribution in [0.25, 0.3) is 5.57 Å². The predicted molar refractivity (Wildman–Crippen MR) is 120 cm³/mol. The second kappa shape index (κ2) is 9.13. The van der Waals surface area contributed by atoms with Crippen molar-refractivity contribution in [2.75, 3.05) is 49.7 Å². The number of likely N-dealkylation sites (N-methyl/N-ethyl adjacent to an activating group) is 1. The third-order valence-electron chi connectivity index (χ3n) is 5.45. The van der Waals surface area contributed by atoms with Gasteiger partial charge in [0, 0.05) is 45.0 Å². The summed E-state index contributed by atoms with van der Waals surface area (Å²) in [5.74, 6) is 0.926. The molecule has 162 valence electrons. The van der Waals surface area contributed by atoms with Gasteiger partial charge in [0.05, 0.1) is 11.1 Å². The van der Waals surface area contributed by atoms with E-state index in [1.165, 1.54) is 6.33 Å². The largest absolute Gasteiger partial charge is 0.368 e. The molecule has 1 aromatic heterocycles. The van der Waals surface area contributed by atoms with E-state index in [0.29, 0.717) is 42.3 Å². The molecule has 4 rings (SSSR count). The molecule has 9 heteroatoms. The van der Waals surface area contributed by atoms with Crippen molar-refractivity contribution < 1.29 is 9.59 Å². The van der Waals surface area contributed by atoms with Crippen LogP contribution in [0.2, 0.25) is 0 Å². The van der Waals surface area contributed by atoms with Crippen molar-refractivity contribution in [1.29, 1.82) is 0 Å². The number of amides is 2. The van der Waals surface area contributed by atoms with Crippen LogP contribution >= 0.6 is 0 Å². The zero-order chi connectivity index (χ0) is 21.8. The molecule has 2 amide bonds. The summed E-state index contributed by atoms with van der Waals surface area (Å²) in [6.07, 6.45) is 4.43. The summed E-state index contributed by atoms with van der Waals surface area (Å²) in [6.45, 7) is 2.67. The number of nitrogens with zero attached hydrogens (tertiary/aromatic N) is 4. The second-order valence-corrected chi connectivity index (χ2v) is 7.89. The molecule has 3 N–H and O–H groups in total. The molecule has 0 fully saturated rings. The maximum absolute atomic E-state index is 12.6. The molecule has 0 saturated heterocycles. The van der Waals surface area contributed by atoms with Gasteiger partial charge in [0.1, 0.15) is 18.0 Å². The summed E-state index contributed by atoms with van der Waals surface area (Å²) in [6, 6.07) is 8.07. The van der Waals surface area contributed by atoms with Gasteiger partial charge in [-0.05, 0) is 37.7 Å². The maximum Gasteiger partial charge on any atom is 0.259 e. The Morgan fingerprint density at radius 3 is 2.77 bits per heavy atom. The Morgan fingerprint density at radius 2 is 1.90 bits per heavy atom. The van der Waals surface area contributed by atoms with Crippen molar-refractivity contribution >= 4 is 34.7 Å². The van der Waals surface area contributed by atoms with Crippen LogP contribution in [0.1, 0.15) is 24.0 Å². The summed E-state index contributed by atoms with van der Waals surface area (Å²) >= 11 is 0. The number of hydrogen-bond acceptors (Lipinski definition) is 7. The standard InChI is InChI=1S/C22H27N7O2/c1-28-9-4-7-18(30)29(2)10-8-23-20-19-17(22(31)27-21(19)26-14-25-20)12-24-16-6-3-5-15(11-16)13-28/h3,5-6,11-12,14,24H,4,7-10,13H2,1-2H3,(H2,23,25,26,27,31)/b17-12-. The third kappa shape index (κ3) is 4.83. The van der Waals surface area contributed by atoms with E-state index in [4.69, 9.17) is 0 Å². The minimum absolute atomic E-state index is 0.118. The molecule has 2 aromatic rings. The molecule has 0 atom stereocenters. The lowest BCUT2D eigenvalue weighted by Gasteiger charge is -2.20. The quantitative estimate of drug-likeness (QED) is 0.598. The van der Waals surface area contributed by atoms with Crippen LogP contribution in [-0.2, 0) is 16.1 Å². The average molecular weight is 422 g/mol. The average Bonchev–Trinajstić information content (AvgIpc) is 3.07. The Balaban J connectivity index is 1.65. The molecule has 0 unspecified atom stereocenters. The Hall–Kier alpha value is -3.46. The normalized spacial score (nSPS) is 19.8. The summed E-state index contributed by atoms with van der Waals surface area (Å²) < 4.78 is 0. The van der Waals surface area contributed by atoms with Crippen LogP contribution < -0.4 is 16.0 Å². The first-order chi connectivity index (χ1) is 15.0. The lowest BCUT2D eigenvalue weighted by atomic mass is 10.1. The molecule has 0 aliphatic carbocycles. The highest BCUT2D eigenvalue weighted by Crippen LogP contribution is 2.34. The van der Waals surface area contributed by atoms with Crippen LogP contribution in [0.5, 0.6) is 0 Å². The van der Waals surface area contributed by atoms with Crippen molar-refractivity contribution in [3.05, 3.63) is 47.9 Å². The number of rotatable bonds is 0. The molecule has 2 aliphatic heterocycles. The van der Waals surface area contributed by atoms with Crippen molar-refractivity contribution in [2.24, 2.45) is 0 Å². The first-order valence-corrected chi connectivity index (χ1v) is 10.4. The molecule has 1 aromatic carbocycles. The van der Waals surface area contributed by atoms with Gasteiger partial charge in [0.15, 0.2) is 0 Å². The summed E-state index contributed by atoms with van der Waals surface area (Å²) in [4.78, 5) is 37.5. The third-order valence-corrected chi connectivity index (χ3v) is 5.45. The van der Waals surface area contributed by atoms with Gasteiger partial charge in [-0.3, -0.25) is 9.59 Å². The molecule has 0 spiro atoms. The molecule has 0 saturated carbocycles. The monoisotopic (exact) mass is 421 g/mol. The highest BCUT2D eigenvalue weighted by atomic mass is 16.2. The number of carbonyl (C=O) groups is 2. The molecular formula is C22H27N7O2. The lowest BCUT2D eigenvalue weighted by molar-refractivity contribution is -0.129. The van der Waals surface area contributed by atoms with Gasteiger partial charge in [-0.2, -0.15) is 0 Å². The number of nitrogens with one attached hydrogen (secondary N) is 3. The molecule has 31 heavy (non-hydrogen) atoms. The highest BCUT2D eigenvalue weighted by molar-refractivity contribution is 6.32. The first-order valence-electron chi connectivity index (χ1n) is 10.4. The predicted octanol–water partition coefficient (Wildman–Crippen LogP) is 1.98. The van der Waals surface area contributed by atoms with E-state index in [1.807, 2.05) is 19.2 Å². The number of anilines is 3. The Kier molecular flexibility index (Phi) is 6.13. The van der Waals surface area contributed by atoms with Crippen LogP contribution in [-0.4, -0.2) is 65.3 Å². The van der Waals surface area contributed by atoms with E-state index < -0.39 is 0 Å². The van der Waals surface area contributed by atoms with Crippen LogP contribution in [0, 0.1) is 0 Å². The summed E-state index contributed by atoms with van der Waals surface area (Å²) in [7, 11) is 3.86. The Labute approximate surface area is 181 Å². The van der Waals surface area contributed by atoms with E-state index in [0.717, 1.165) is 30.8 Å².